The molecular weight excluding hydrogens is 342 g/mol. The summed E-state index contributed by atoms with van der Waals surface area (Å²) in [5, 5.41) is 13.5. The van der Waals surface area contributed by atoms with Gasteiger partial charge < -0.3 is 10.1 Å². The van der Waals surface area contributed by atoms with Gasteiger partial charge in [0.25, 0.3) is 11.6 Å². The van der Waals surface area contributed by atoms with E-state index in [4.69, 9.17) is 4.74 Å². The number of esters is 1. The predicted molar refractivity (Wildman–Crippen MR) is 89.0 cm³/mol. The number of rotatable bonds is 6. The van der Waals surface area contributed by atoms with Crippen molar-refractivity contribution in [1.29, 1.82) is 0 Å². The first kappa shape index (κ1) is 17.8. The third-order valence-electron chi connectivity index (χ3n) is 4.84. The molecule has 1 saturated carbocycles. The molecule has 0 bridgehead atoms. The monoisotopic (exact) mass is 361 g/mol. The molecule has 9 nitrogen and oxygen atoms in total. The lowest BCUT2D eigenvalue weighted by Gasteiger charge is -2.21. The third-order valence-corrected chi connectivity index (χ3v) is 4.84. The van der Waals surface area contributed by atoms with Crippen molar-refractivity contribution in [2.75, 3.05) is 6.54 Å². The summed E-state index contributed by atoms with van der Waals surface area (Å²) >= 11 is 0. The maximum absolute atomic E-state index is 12.5. The molecule has 138 valence electrons. The molecule has 3 rings (SSSR count). The number of carbonyl (C=O) groups excluding carboxylic acids is 3. The van der Waals surface area contributed by atoms with E-state index in [1.54, 1.807) is 19.9 Å². The number of nitrogens with one attached hydrogen (secondary N) is 1. The van der Waals surface area contributed by atoms with Crippen molar-refractivity contribution in [1.82, 2.24) is 10.2 Å². The number of benzene rings is 1. The van der Waals surface area contributed by atoms with Gasteiger partial charge in [-0.1, -0.05) is 12.1 Å². The maximum atomic E-state index is 12.5. The van der Waals surface area contributed by atoms with E-state index < -0.39 is 41.0 Å². The number of amides is 3. The molecule has 0 aromatic heterocycles. The first-order chi connectivity index (χ1) is 12.2. The largest absolute Gasteiger partial charge is 0.456 e. The van der Waals surface area contributed by atoms with Crippen molar-refractivity contribution < 1.29 is 24.0 Å². The number of nitro groups is 1. The minimum Gasteiger partial charge on any atom is -0.456 e. The van der Waals surface area contributed by atoms with Crippen molar-refractivity contribution >= 4 is 23.6 Å². The minimum absolute atomic E-state index is 0.101. The zero-order valence-corrected chi connectivity index (χ0v) is 14.4. The molecule has 1 aromatic carbocycles. The van der Waals surface area contributed by atoms with E-state index in [9.17, 15) is 24.5 Å². The second kappa shape index (κ2) is 6.40. The number of nitrogens with zero attached hydrogens (tertiary/aromatic N) is 2. The number of nitro benzene ring substituents is 1. The Morgan fingerprint density at radius 1 is 1.46 bits per heavy atom. The first-order valence-electron chi connectivity index (χ1n) is 8.30. The van der Waals surface area contributed by atoms with E-state index in [2.05, 4.69) is 5.32 Å². The van der Waals surface area contributed by atoms with Crippen LogP contribution in [0, 0.1) is 16.0 Å². The molecule has 1 heterocycles. The standard InChI is InChI=1S/C17H19N3O6/c1-10(11-4-3-5-13(8-11)20(24)25)26-14(21)9-19-15(22)17(2,12-6-7-12)18-16(19)23/h3-5,8,10,12H,6-7,9H2,1-2H3,(H,18,23)/t10-,17+/m1/s1. The van der Waals surface area contributed by atoms with Gasteiger partial charge in [-0.2, -0.15) is 0 Å². The first-order valence-corrected chi connectivity index (χ1v) is 8.30. The summed E-state index contributed by atoms with van der Waals surface area (Å²) in [6, 6.07) is 5.14. The highest BCUT2D eigenvalue weighted by atomic mass is 16.6. The summed E-state index contributed by atoms with van der Waals surface area (Å²) in [7, 11) is 0. The van der Waals surface area contributed by atoms with Gasteiger partial charge >= 0.3 is 12.0 Å². The van der Waals surface area contributed by atoms with E-state index in [1.165, 1.54) is 18.2 Å². The Morgan fingerprint density at radius 2 is 2.15 bits per heavy atom. The Balaban J connectivity index is 1.63. The summed E-state index contributed by atoms with van der Waals surface area (Å²) in [5.41, 5.74) is -0.615. The summed E-state index contributed by atoms with van der Waals surface area (Å²) in [4.78, 5) is 47.9. The predicted octanol–water partition coefficient (Wildman–Crippen LogP) is 1.92. The Morgan fingerprint density at radius 3 is 2.77 bits per heavy atom. The molecule has 0 radical (unpaired) electrons. The number of hydrogen-bond acceptors (Lipinski definition) is 6. The fourth-order valence-corrected chi connectivity index (χ4v) is 3.12. The van der Waals surface area contributed by atoms with Gasteiger partial charge in [-0.3, -0.25) is 24.6 Å². The van der Waals surface area contributed by atoms with Gasteiger partial charge in [0.2, 0.25) is 0 Å². The molecule has 2 fully saturated rings. The van der Waals surface area contributed by atoms with Crippen molar-refractivity contribution in [3.05, 3.63) is 39.9 Å². The molecule has 1 aliphatic heterocycles. The van der Waals surface area contributed by atoms with E-state index >= 15 is 0 Å². The highest BCUT2D eigenvalue weighted by Crippen LogP contribution is 2.42. The molecule has 3 amide bonds. The minimum atomic E-state index is -0.955. The second-order valence-electron chi connectivity index (χ2n) is 6.78. The van der Waals surface area contributed by atoms with Crippen molar-refractivity contribution in [2.24, 2.45) is 5.92 Å². The highest BCUT2D eigenvalue weighted by Gasteiger charge is 2.56. The number of carbonyl (C=O) groups is 3. The van der Waals surface area contributed by atoms with Crippen LogP contribution in [-0.2, 0) is 14.3 Å². The molecule has 26 heavy (non-hydrogen) atoms. The van der Waals surface area contributed by atoms with Gasteiger partial charge in [-0.25, -0.2) is 4.79 Å². The summed E-state index contributed by atoms with van der Waals surface area (Å²) < 4.78 is 5.24. The van der Waals surface area contributed by atoms with E-state index in [-0.39, 0.29) is 11.6 Å². The smallest absolute Gasteiger partial charge is 0.326 e. The maximum Gasteiger partial charge on any atom is 0.326 e. The fraction of sp³-hybridized carbons (Fsp3) is 0.471. The average Bonchev–Trinajstić information content (AvgIpc) is 3.41. The van der Waals surface area contributed by atoms with E-state index in [0.29, 0.717) is 5.56 Å². The van der Waals surface area contributed by atoms with Gasteiger partial charge in [0, 0.05) is 12.1 Å². The van der Waals surface area contributed by atoms with Crippen LogP contribution in [0.25, 0.3) is 0 Å². The molecule has 0 spiro atoms. The van der Waals surface area contributed by atoms with Crippen LogP contribution in [-0.4, -0.2) is 39.8 Å². The van der Waals surface area contributed by atoms with Crippen molar-refractivity contribution in [3.8, 4) is 0 Å². The van der Waals surface area contributed by atoms with Crippen LogP contribution in [0.15, 0.2) is 24.3 Å². The molecule has 2 aliphatic rings. The highest BCUT2D eigenvalue weighted by molar-refractivity contribution is 6.08. The third kappa shape index (κ3) is 3.24. The topological polar surface area (TPSA) is 119 Å². The molecular formula is C17H19N3O6. The quantitative estimate of drug-likeness (QED) is 0.358. The van der Waals surface area contributed by atoms with Gasteiger partial charge in [-0.05, 0) is 38.2 Å². The van der Waals surface area contributed by atoms with Crippen LogP contribution in [0.3, 0.4) is 0 Å². The summed E-state index contributed by atoms with van der Waals surface area (Å²) in [6.07, 6.45) is 0.980. The molecule has 2 atom stereocenters. The molecule has 9 heteroatoms. The van der Waals surface area contributed by atoms with Gasteiger partial charge in [0.15, 0.2) is 0 Å². The van der Waals surface area contributed by atoms with Crippen LogP contribution in [0.2, 0.25) is 0 Å². The normalized spacial score (nSPS) is 23.5. The zero-order valence-electron chi connectivity index (χ0n) is 14.4. The van der Waals surface area contributed by atoms with Crippen LogP contribution in [0.5, 0.6) is 0 Å². The second-order valence-corrected chi connectivity index (χ2v) is 6.78. The van der Waals surface area contributed by atoms with Crippen LogP contribution in [0.1, 0.15) is 38.4 Å². The molecule has 0 unspecified atom stereocenters. The number of urea groups is 1. The number of hydrogen-bond donors (Lipinski definition) is 1. The SMILES string of the molecule is C[C@@H](OC(=O)CN1C(=O)N[C@@](C)(C2CC2)C1=O)c1cccc([N+](=O)[O-])c1. The Hall–Kier alpha value is -2.97. The van der Waals surface area contributed by atoms with Crippen LogP contribution >= 0.6 is 0 Å². The Bertz CT molecular complexity index is 790. The fourth-order valence-electron chi connectivity index (χ4n) is 3.12. The number of non-ortho nitro benzene ring substituents is 1. The van der Waals surface area contributed by atoms with E-state index in [1.807, 2.05) is 0 Å². The lowest BCUT2D eigenvalue weighted by molar-refractivity contribution is -0.385. The summed E-state index contributed by atoms with van der Waals surface area (Å²) in [6.45, 7) is 2.74. The van der Waals surface area contributed by atoms with Gasteiger partial charge in [0.05, 0.1) is 4.92 Å². The lowest BCUT2D eigenvalue weighted by atomic mass is 9.96. The van der Waals surface area contributed by atoms with Crippen LogP contribution < -0.4 is 5.32 Å². The lowest BCUT2D eigenvalue weighted by Crippen LogP contribution is -2.46. The van der Waals surface area contributed by atoms with Crippen molar-refractivity contribution in [3.63, 3.8) is 0 Å². The molecule has 1 N–H and O–H groups in total. The number of imide groups is 1. The van der Waals surface area contributed by atoms with Crippen LogP contribution in [0.4, 0.5) is 10.5 Å². The molecule has 1 saturated heterocycles. The van der Waals surface area contributed by atoms with Crippen molar-refractivity contribution in [2.45, 2.75) is 38.3 Å². The van der Waals surface area contributed by atoms with E-state index in [0.717, 1.165) is 17.7 Å². The Kier molecular flexibility index (Phi) is 4.39. The average molecular weight is 361 g/mol. The summed E-state index contributed by atoms with van der Waals surface area (Å²) in [5.74, 6) is -1.08. The Labute approximate surface area is 149 Å². The van der Waals surface area contributed by atoms with Gasteiger partial charge in [0.1, 0.15) is 18.2 Å². The number of ether oxygens (including phenoxy) is 1. The zero-order chi connectivity index (χ0) is 19.1. The van der Waals surface area contributed by atoms with Gasteiger partial charge in [-0.15, -0.1) is 0 Å². The molecule has 1 aromatic rings. The molecule has 1 aliphatic carbocycles.